The summed E-state index contributed by atoms with van der Waals surface area (Å²) < 4.78 is 0. The van der Waals surface area contributed by atoms with Crippen LogP contribution in [-0.4, -0.2) is 28.4 Å². The number of carbonyl (C=O) groups is 3. The lowest BCUT2D eigenvalue weighted by molar-refractivity contribution is -0.186. The van der Waals surface area contributed by atoms with Crippen LogP contribution in [0.2, 0.25) is 0 Å². The van der Waals surface area contributed by atoms with Crippen LogP contribution in [0.15, 0.2) is 11.6 Å². The number of hydrogen-bond donors (Lipinski definition) is 2. The van der Waals surface area contributed by atoms with E-state index >= 15 is 0 Å². The van der Waals surface area contributed by atoms with Crippen LogP contribution >= 0.6 is 0 Å². The molecule has 0 heterocycles. The highest BCUT2D eigenvalue weighted by molar-refractivity contribution is 5.77. The van der Waals surface area contributed by atoms with E-state index in [1.165, 1.54) is 5.57 Å². The van der Waals surface area contributed by atoms with Crippen molar-refractivity contribution in [3.05, 3.63) is 11.6 Å². The number of fused-ring (bicyclic) bond motifs is 5. The predicted octanol–water partition coefficient (Wildman–Crippen LogP) is 6.75. The second kappa shape index (κ2) is 7.92. The first-order valence-electron chi connectivity index (χ1n) is 13.6. The van der Waals surface area contributed by atoms with Crippen LogP contribution in [0.1, 0.15) is 106 Å². The van der Waals surface area contributed by atoms with Gasteiger partial charge in [-0.3, -0.25) is 9.59 Å². The van der Waals surface area contributed by atoms with Crippen molar-refractivity contribution in [2.75, 3.05) is 0 Å². The summed E-state index contributed by atoms with van der Waals surface area (Å²) in [4.78, 5) is 37.1. The molecule has 3 saturated carbocycles. The molecule has 4 aliphatic carbocycles. The Labute approximate surface area is 211 Å². The average molecular weight is 487 g/mol. The van der Waals surface area contributed by atoms with E-state index in [2.05, 4.69) is 40.7 Å². The molecular formula is C30H46O5. The van der Waals surface area contributed by atoms with Gasteiger partial charge in [0.05, 0.1) is 10.8 Å². The van der Waals surface area contributed by atoms with E-state index in [4.69, 9.17) is 0 Å². The number of aliphatic carboxylic acids is 2. The lowest BCUT2D eigenvalue weighted by Crippen LogP contribution is -2.63. The van der Waals surface area contributed by atoms with Crippen LogP contribution in [0, 0.1) is 50.2 Å². The number of aldehydes is 1. The maximum absolute atomic E-state index is 12.7. The highest BCUT2D eigenvalue weighted by atomic mass is 16.4. The molecule has 0 spiro atoms. The molecule has 2 N–H and O–H groups in total. The molecule has 7 atom stereocenters. The van der Waals surface area contributed by atoms with E-state index in [-0.39, 0.29) is 34.0 Å². The first kappa shape index (κ1) is 26.4. The van der Waals surface area contributed by atoms with Crippen molar-refractivity contribution >= 4 is 18.2 Å². The van der Waals surface area contributed by atoms with Crippen molar-refractivity contribution in [2.45, 2.75) is 106 Å². The zero-order chi connectivity index (χ0) is 26.2. The summed E-state index contributed by atoms with van der Waals surface area (Å²) >= 11 is 0. The third kappa shape index (κ3) is 3.42. The molecule has 0 aromatic carbocycles. The molecule has 0 bridgehead atoms. The number of rotatable bonds is 5. The van der Waals surface area contributed by atoms with Crippen molar-refractivity contribution < 1.29 is 24.6 Å². The first-order valence-corrected chi connectivity index (χ1v) is 13.6. The molecule has 35 heavy (non-hydrogen) atoms. The van der Waals surface area contributed by atoms with Crippen LogP contribution in [-0.2, 0) is 14.4 Å². The molecule has 0 aliphatic heterocycles. The van der Waals surface area contributed by atoms with Crippen LogP contribution in [0.4, 0.5) is 0 Å². The molecule has 4 rings (SSSR count). The van der Waals surface area contributed by atoms with E-state index in [9.17, 15) is 24.6 Å². The molecule has 5 nitrogen and oxygen atoms in total. The molecule has 0 aromatic rings. The number of hydrogen-bond acceptors (Lipinski definition) is 3. The Hall–Kier alpha value is -1.65. The zero-order valence-corrected chi connectivity index (χ0v) is 22.9. The van der Waals surface area contributed by atoms with Gasteiger partial charge in [-0.05, 0) is 105 Å². The number of carbonyl (C=O) groups excluding carboxylic acids is 1. The Bertz CT molecular complexity index is 962. The van der Waals surface area contributed by atoms with Gasteiger partial charge in [0.15, 0.2) is 0 Å². The monoisotopic (exact) mass is 486 g/mol. The van der Waals surface area contributed by atoms with E-state index in [1.54, 1.807) is 0 Å². The Morgan fingerprint density at radius 2 is 1.66 bits per heavy atom. The smallest absolute Gasteiger partial charge is 0.310 e. The van der Waals surface area contributed by atoms with Crippen LogP contribution in [0.3, 0.4) is 0 Å². The fraction of sp³-hybridized carbons (Fsp3) is 0.833. The maximum atomic E-state index is 12.7. The largest absolute Gasteiger partial charge is 0.481 e. The third-order valence-corrected chi connectivity index (χ3v) is 12.3. The maximum Gasteiger partial charge on any atom is 0.310 e. The van der Waals surface area contributed by atoms with Gasteiger partial charge in [-0.25, -0.2) is 0 Å². The topological polar surface area (TPSA) is 91.7 Å². The summed E-state index contributed by atoms with van der Waals surface area (Å²) in [5.41, 5.74) is -0.783. The Kier molecular flexibility index (Phi) is 5.98. The second-order valence-corrected chi connectivity index (χ2v) is 14.6. The lowest BCUT2D eigenvalue weighted by Gasteiger charge is -2.69. The lowest BCUT2D eigenvalue weighted by atomic mass is 9.34. The summed E-state index contributed by atoms with van der Waals surface area (Å²) in [5.74, 6) is -1.29. The normalized spacial score (nSPS) is 44.8. The minimum Gasteiger partial charge on any atom is -0.481 e. The average Bonchev–Trinajstić information content (AvgIpc) is 2.73. The molecule has 196 valence electrons. The summed E-state index contributed by atoms with van der Waals surface area (Å²) in [7, 11) is 0. The van der Waals surface area contributed by atoms with Gasteiger partial charge >= 0.3 is 11.9 Å². The molecular weight excluding hydrogens is 440 g/mol. The van der Waals surface area contributed by atoms with E-state index in [0.717, 1.165) is 51.2 Å². The second-order valence-electron chi connectivity index (χ2n) is 14.6. The number of carboxylic acids is 2. The molecule has 5 heteroatoms. The van der Waals surface area contributed by atoms with Crippen molar-refractivity contribution in [1.29, 1.82) is 0 Å². The molecule has 3 fully saturated rings. The SMILES string of the molecule is CC1(C)CC[C@]2(C(=O)O)CC[C@]3(C)C(=CC[C@@H]4[C@@](C)(CC=O)[C@H](C(C)(C)C(=O)O)CC[C@]43C)[C@@H]2C1. The summed E-state index contributed by atoms with van der Waals surface area (Å²) in [5, 5.41) is 20.6. The summed E-state index contributed by atoms with van der Waals surface area (Å²) in [6.45, 7) is 15.1. The Balaban J connectivity index is 1.84. The predicted molar refractivity (Wildman–Crippen MR) is 136 cm³/mol. The number of carboxylic acid groups (broad SMARTS) is 2. The Morgan fingerprint density at radius 1 is 1.03 bits per heavy atom. The molecule has 0 amide bonds. The van der Waals surface area contributed by atoms with Crippen molar-refractivity contribution in [3.63, 3.8) is 0 Å². The summed E-state index contributed by atoms with van der Waals surface area (Å²) in [6.07, 6.45) is 10.3. The number of allylic oxidation sites excluding steroid dienone is 2. The van der Waals surface area contributed by atoms with Gasteiger partial charge in [-0.2, -0.15) is 0 Å². The van der Waals surface area contributed by atoms with E-state index in [0.29, 0.717) is 12.8 Å². The van der Waals surface area contributed by atoms with Gasteiger partial charge in [0.1, 0.15) is 6.29 Å². The standard InChI is InChI=1S/C30H46O5/c1-25(2)12-14-30(24(34)35)15-13-28(6)19(20(30)18-25)8-9-22-27(5,16-17-31)21(10-11-29(22,28)7)26(3,4)23(32)33/h8,17,20-22H,9-16,18H2,1-7H3,(H,32,33)(H,34,35)/t20-,21-,22+,27-,28+,29+,30-/m0/s1. The van der Waals surface area contributed by atoms with E-state index < -0.39 is 28.2 Å². The van der Waals surface area contributed by atoms with Gasteiger partial charge in [-0.15, -0.1) is 0 Å². The highest BCUT2D eigenvalue weighted by Crippen LogP contribution is 2.74. The molecule has 4 aliphatic rings. The van der Waals surface area contributed by atoms with Gasteiger partial charge in [-0.1, -0.05) is 46.3 Å². The van der Waals surface area contributed by atoms with Gasteiger partial charge in [0, 0.05) is 6.42 Å². The van der Waals surface area contributed by atoms with Crippen LogP contribution < -0.4 is 0 Å². The van der Waals surface area contributed by atoms with Crippen LogP contribution in [0.25, 0.3) is 0 Å². The minimum atomic E-state index is -0.914. The van der Waals surface area contributed by atoms with Crippen molar-refractivity contribution in [2.24, 2.45) is 50.2 Å². The van der Waals surface area contributed by atoms with Crippen molar-refractivity contribution in [3.8, 4) is 0 Å². The van der Waals surface area contributed by atoms with Crippen LogP contribution in [0.5, 0.6) is 0 Å². The van der Waals surface area contributed by atoms with E-state index in [1.807, 2.05) is 13.8 Å². The van der Waals surface area contributed by atoms with Crippen molar-refractivity contribution in [1.82, 2.24) is 0 Å². The van der Waals surface area contributed by atoms with Gasteiger partial charge in [0.25, 0.3) is 0 Å². The fourth-order valence-electron chi connectivity index (χ4n) is 9.79. The molecule has 0 unspecified atom stereocenters. The molecule has 0 radical (unpaired) electrons. The third-order valence-electron chi connectivity index (χ3n) is 12.3. The van der Waals surface area contributed by atoms with Gasteiger partial charge in [0.2, 0.25) is 0 Å². The zero-order valence-electron chi connectivity index (χ0n) is 22.9. The van der Waals surface area contributed by atoms with Gasteiger partial charge < -0.3 is 15.0 Å². The highest BCUT2D eigenvalue weighted by Gasteiger charge is 2.68. The Morgan fingerprint density at radius 3 is 2.23 bits per heavy atom. The first-order chi connectivity index (χ1) is 16.0. The quantitative estimate of drug-likeness (QED) is 0.331. The summed E-state index contributed by atoms with van der Waals surface area (Å²) in [6, 6.07) is 0. The minimum absolute atomic E-state index is 0.0470. The molecule has 0 saturated heterocycles. The fourth-order valence-corrected chi connectivity index (χ4v) is 9.79. The molecule has 0 aromatic heterocycles.